The van der Waals surface area contributed by atoms with Gasteiger partial charge in [0.15, 0.2) is 5.82 Å². The van der Waals surface area contributed by atoms with Crippen molar-refractivity contribution >= 4 is 5.82 Å². The lowest BCUT2D eigenvalue weighted by atomic mass is 10.2. The first-order valence-electron chi connectivity index (χ1n) is 6.67. The minimum absolute atomic E-state index is 0.0933. The first-order chi connectivity index (χ1) is 9.76. The van der Waals surface area contributed by atoms with Crippen LogP contribution in [-0.4, -0.2) is 16.7 Å². The number of methoxy groups -OCH3 is 1. The van der Waals surface area contributed by atoms with Gasteiger partial charge in [-0.2, -0.15) is 0 Å². The molecule has 0 aliphatic carbocycles. The number of anilines is 1. The number of para-hydroxylation sites is 1. The summed E-state index contributed by atoms with van der Waals surface area (Å²) in [6.07, 6.45) is 4.26. The van der Waals surface area contributed by atoms with E-state index in [4.69, 9.17) is 4.74 Å². The molecular weight excluding hydrogens is 254 g/mol. The van der Waals surface area contributed by atoms with Crippen molar-refractivity contribution in [1.29, 1.82) is 0 Å². The van der Waals surface area contributed by atoms with E-state index in [1.54, 1.807) is 24.1 Å². The predicted molar refractivity (Wildman–Crippen MR) is 79.1 cm³/mol. The van der Waals surface area contributed by atoms with Gasteiger partial charge >= 0.3 is 0 Å². The van der Waals surface area contributed by atoms with Crippen molar-refractivity contribution in [3.63, 3.8) is 0 Å². The zero-order valence-electron chi connectivity index (χ0n) is 11.8. The predicted octanol–water partition coefficient (Wildman–Crippen LogP) is 2.27. The van der Waals surface area contributed by atoms with Crippen LogP contribution in [0.15, 0.2) is 41.5 Å². The molecule has 106 valence electrons. The zero-order valence-corrected chi connectivity index (χ0v) is 11.8. The average Bonchev–Trinajstić information content (AvgIpc) is 2.48. The van der Waals surface area contributed by atoms with E-state index >= 15 is 0 Å². The monoisotopic (exact) mass is 273 g/mol. The van der Waals surface area contributed by atoms with Crippen LogP contribution in [0.5, 0.6) is 5.75 Å². The van der Waals surface area contributed by atoms with E-state index in [1.165, 1.54) is 0 Å². The number of aromatic nitrogens is 2. The van der Waals surface area contributed by atoms with Crippen molar-refractivity contribution in [2.45, 2.75) is 26.4 Å². The Bertz CT molecular complexity index is 623. The van der Waals surface area contributed by atoms with Crippen molar-refractivity contribution in [3.8, 4) is 5.75 Å². The second-order valence-electron chi connectivity index (χ2n) is 4.44. The van der Waals surface area contributed by atoms with Crippen LogP contribution in [0.1, 0.15) is 18.9 Å². The Kier molecular flexibility index (Phi) is 4.76. The van der Waals surface area contributed by atoms with Gasteiger partial charge in [0.1, 0.15) is 5.75 Å². The van der Waals surface area contributed by atoms with E-state index < -0.39 is 0 Å². The van der Waals surface area contributed by atoms with Crippen LogP contribution in [-0.2, 0) is 13.1 Å². The fourth-order valence-electron chi connectivity index (χ4n) is 2.01. The van der Waals surface area contributed by atoms with E-state index in [0.29, 0.717) is 18.9 Å². The summed E-state index contributed by atoms with van der Waals surface area (Å²) in [4.78, 5) is 16.2. The topological polar surface area (TPSA) is 56.1 Å². The van der Waals surface area contributed by atoms with E-state index in [-0.39, 0.29) is 5.56 Å². The van der Waals surface area contributed by atoms with Gasteiger partial charge in [-0.05, 0) is 12.5 Å². The highest BCUT2D eigenvalue weighted by atomic mass is 16.5. The molecule has 1 aromatic heterocycles. The molecule has 0 aliphatic rings. The average molecular weight is 273 g/mol. The first kappa shape index (κ1) is 14.1. The maximum atomic E-state index is 12.1. The van der Waals surface area contributed by atoms with Gasteiger partial charge in [-0.1, -0.05) is 25.1 Å². The largest absolute Gasteiger partial charge is 0.496 e. The lowest BCUT2D eigenvalue weighted by Gasteiger charge is -2.10. The molecule has 5 heteroatoms. The van der Waals surface area contributed by atoms with E-state index in [9.17, 15) is 4.79 Å². The van der Waals surface area contributed by atoms with Crippen LogP contribution < -0.4 is 15.6 Å². The van der Waals surface area contributed by atoms with Crippen LogP contribution >= 0.6 is 0 Å². The molecule has 0 fully saturated rings. The number of hydrogen-bond acceptors (Lipinski definition) is 4. The van der Waals surface area contributed by atoms with E-state index in [0.717, 1.165) is 17.7 Å². The van der Waals surface area contributed by atoms with Gasteiger partial charge in [0.05, 0.1) is 7.11 Å². The fourth-order valence-corrected chi connectivity index (χ4v) is 2.01. The highest BCUT2D eigenvalue weighted by molar-refractivity contribution is 5.38. The molecule has 0 amide bonds. The Balaban J connectivity index is 2.15. The van der Waals surface area contributed by atoms with Crippen LogP contribution in [0.3, 0.4) is 0 Å². The van der Waals surface area contributed by atoms with Crippen molar-refractivity contribution in [1.82, 2.24) is 9.55 Å². The quantitative estimate of drug-likeness (QED) is 0.877. The van der Waals surface area contributed by atoms with Crippen molar-refractivity contribution in [2.75, 3.05) is 12.4 Å². The van der Waals surface area contributed by atoms with Gasteiger partial charge in [-0.15, -0.1) is 0 Å². The summed E-state index contributed by atoms with van der Waals surface area (Å²) in [5, 5.41) is 3.08. The molecule has 0 saturated heterocycles. The second-order valence-corrected chi connectivity index (χ2v) is 4.44. The molecule has 5 nitrogen and oxygen atoms in total. The van der Waals surface area contributed by atoms with E-state index in [2.05, 4.69) is 10.3 Å². The normalized spacial score (nSPS) is 10.3. The molecular formula is C15H19N3O2. The smallest absolute Gasteiger partial charge is 0.293 e. The molecule has 0 saturated carbocycles. The fraction of sp³-hybridized carbons (Fsp3) is 0.333. The summed E-state index contributed by atoms with van der Waals surface area (Å²) in [7, 11) is 1.63. The van der Waals surface area contributed by atoms with Crippen LogP contribution in [0.2, 0.25) is 0 Å². The third-order valence-electron chi connectivity index (χ3n) is 3.02. The van der Waals surface area contributed by atoms with Gasteiger partial charge in [0.2, 0.25) is 0 Å². The molecule has 1 N–H and O–H groups in total. The molecule has 2 rings (SSSR count). The second kappa shape index (κ2) is 6.75. The molecule has 1 heterocycles. The number of ether oxygens (including phenoxy) is 1. The highest BCUT2D eigenvalue weighted by Gasteiger charge is 2.06. The van der Waals surface area contributed by atoms with Crippen LogP contribution in [0, 0.1) is 0 Å². The Morgan fingerprint density at radius 1 is 1.35 bits per heavy atom. The minimum Gasteiger partial charge on any atom is -0.496 e. The summed E-state index contributed by atoms with van der Waals surface area (Å²) < 4.78 is 6.95. The molecule has 1 aromatic carbocycles. The van der Waals surface area contributed by atoms with Gasteiger partial charge in [-0.25, -0.2) is 4.98 Å². The van der Waals surface area contributed by atoms with Crippen LogP contribution in [0.25, 0.3) is 0 Å². The number of nitrogens with zero attached hydrogens (tertiary/aromatic N) is 2. The molecule has 0 radical (unpaired) electrons. The molecule has 0 atom stereocenters. The molecule has 20 heavy (non-hydrogen) atoms. The van der Waals surface area contributed by atoms with Crippen molar-refractivity contribution in [2.24, 2.45) is 0 Å². The maximum Gasteiger partial charge on any atom is 0.293 e. The summed E-state index contributed by atoms with van der Waals surface area (Å²) in [5.41, 5.74) is 0.895. The van der Waals surface area contributed by atoms with Gasteiger partial charge < -0.3 is 14.6 Å². The summed E-state index contributed by atoms with van der Waals surface area (Å²) in [5.74, 6) is 1.16. The van der Waals surface area contributed by atoms with Gasteiger partial charge in [-0.3, -0.25) is 4.79 Å². The molecule has 2 aromatic rings. The SMILES string of the molecule is CCCn1ccnc(NCc2ccccc2OC)c1=O. The summed E-state index contributed by atoms with van der Waals surface area (Å²) in [6, 6.07) is 7.70. The number of hydrogen-bond donors (Lipinski definition) is 1. The molecule has 0 spiro atoms. The Hall–Kier alpha value is -2.30. The third-order valence-corrected chi connectivity index (χ3v) is 3.02. The lowest BCUT2D eigenvalue weighted by Crippen LogP contribution is -2.24. The minimum atomic E-state index is -0.0933. The Labute approximate surface area is 118 Å². The standard InChI is InChI=1S/C15H19N3O2/c1-3-9-18-10-8-16-14(15(18)19)17-11-12-6-4-5-7-13(12)20-2/h4-8,10H,3,9,11H2,1-2H3,(H,16,17). The summed E-state index contributed by atoms with van der Waals surface area (Å²) in [6.45, 7) is 3.24. The number of aryl methyl sites for hydroxylation is 1. The van der Waals surface area contributed by atoms with Crippen molar-refractivity contribution < 1.29 is 4.74 Å². The first-order valence-corrected chi connectivity index (χ1v) is 6.67. The third kappa shape index (κ3) is 3.17. The lowest BCUT2D eigenvalue weighted by molar-refractivity contribution is 0.410. The Morgan fingerprint density at radius 2 is 2.15 bits per heavy atom. The number of rotatable bonds is 6. The number of nitrogens with one attached hydrogen (secondary N) is 1. The number of benzene rings is 1. The Morgan fingerprint density at radius 3 is 2.90 bits per heavy atom. The highest BCUT2D eigenvalue weighted by Crippen LogP contribution is 2.17. The van der Waals surface area contributed by atoms with E-state index in [1.807, 2.05) is 31.2 Å². The molecule has 0 aliphatic heterocycles. The molecule has 0 bridgehead atoms. The van der Waals surface area contributed by atoms with Crippen molar-refractivity contribution in [3.05, 3.63) is 52.6 Å². The van der Waals surface area contributed by atoms with Crippen LogP contribution in [0.4, 0.5) is 5.82 Å². The maximum absolute atomic E-state index is 12.1. The van der Waals surface area contributed by atoms with Gasteiger partial charge in [0.25, 0.3) is 5.56 Å². The molecule has 0 unspecified atom stereocenters. The summed E-state index contributed by atoms with van der Waals surface area (Å²) >= 11 is 0. The van der Waals surface area contributed by atoms with Gasteiger partial charge in [0, 0.05) is 31.0 Å². The zero-order chi connectivity index (χ0) is 14.4.